The van der Waals surface area contributed by atoms with Crippen LogP contribution >= 0.6 is 7.82 Å². The summed E-state index contributed by atoms with van der Waals surface area (Å²) in [5.41, 5.74) is 0. The Kier molecular flexibility index (Phi) is 56.3. The normalized spacial score (nSPS) is 14.1. The van der Waals surface area contributed by atoms with E-state index in [2.05, 4.69) is 130 Å². The van der Waals surface area contributed by atoms with Crippen LogP contribution < -0.4 is 0 Å². The van der Waals surface area contributed by atoms with Crippen LogP contribution in [-0.4, -0.2) is 66.5 Å². The fourth-order valence-electron chi connectivity index (χ4n) is 7.97. The van der Waals surface area contributed by atoms with Crippen LogP contribution in [0.4, 0.5) is 0 Å². The third-order valence-corrected chi connectivity index (χ3v) is 13.6. The number of phosphoric ester groups is 1. The molecule has 0 aromatic heterocycles. The van der Waals surface area contributed by atoms with Gasteiger partial charge < -0.3 is 24.2 Å². The van der Waals surface area contributed by atoms with E-state index in [4.69, 9.17) is 23.3 Å². The van der Waals surface area contributed by atoms with Gasteiger partial charge in [0, 0.05) is 19.3 Å². The van der Waals surface area contributed by atoms with Gasteiger partial charge in [0.15, 0.2) is 6.10 Å². The van der Waals surface area contributed by atoms with Gasteiger partial charge in [0.25, 0.3) is 0 Å². The van der Waals surface area contributed by atoms with Gasteiger partial charge in [0.1, 0.15) is 12.7 Å². The van der Waals surface area contributed by atoms with Crippen LogP contribution in [0.1, 0.15) is 252 Å². The number of hydrogen-bond acceptors (Lipinski definition) is 10. The number of aliphatic hydroxyl groups excluding tert-OH is 1. The third kappa shape index (κ3) is 56.8. The molecule has 12 heteroatoms. The average Bonchev–Trinajstić information content (AvgIpc) is 3.43. The van der Waals surface area contributed by atoms with Gasteiger partial charge in [0.05, 0.1) is 19.8 Å². The van der Waals surface area contributed by atoms with Gasteiger partial charge in [0.2, 0.25) is 0 Å². The Balaban J connectivity index is 4.79. The van der Waals surface area contributed by atoms with Gasteiger partial charge in [-0.1, -0.05) is 214 Å². The Labute approximate surface area is 475 Å². The van der Waals surface area contributed by atoms with Crippen LogP contribution in [-0.2, 0) is 42.2 Å². The lowest BCUT2D eigenvalue weighted by Crippen LogP contribution is -2.30. The van der Waals surface area contributed by atoms with E-state index in [1.807, 2.05) is 0 Å². The predicted molar refractivity (Wildman–Crippen MR) is 325 cm³/mol. The molecule has 11 nitrogen and oxygen atoms in total. The van der Waals surface area contributed by atoms with E-state index in [9.17, 15) is 28.9 Å². The molecule has 0 aromatic carbocycles. The zero-order chi connectivity index (χ0) is 56.9. The highest BCUT2D eigenvalue weighted by Gasteiger charge is 2.28. The molecule has 0 fully saturated rings. The maximum absolute atomic E-state index is 12.9. The Bertz CT molecular complexity index is 1720. The van der Waals surface area contributed by atoms with Gasteiger partial charge in [-0.05, 0) is 128 Å². The molecule has 0 aliphatic heterocycles. The minimum Gasteiger partial charge on any atom is -0.462 e. The summed E-state index contributed by atoms with van der Waals surface area (Å²) >= 11 is 0. The number of aliphatic hydroxyl groups is 1. The van der Waals surface area contributed by atoms with E-state index < -0.39 is 57.8 Å². The fraction of sp³-hybridized carbons (Fsp3) is 0.682. The van der Waals surface area contributed by atoms with Crippen LogP contribution in [0.25, 0.3) is 0 Å². The van der Waals surface area contributed by atoms with Crippen molar-refractivity contribution in [1.82, 2.24) is 0 Å². The molecule has 0 radical (unpaired) electrons. The summed E-state index contributed by atoms with van der Waals surface area (Å²) in [5.74, 6) is -1.54. The Hall–Kier alpha value is -3.86. The molecule has 0 amide bonds. The number of hydrogen-bond donors (Lipinski definition) is 2. The Morgan fingerprint density at radius 2 is 0.667 bits per heavy atom. The van der Waals surface area contributed by atoms with Crippen molar-refractivity contribution in [3.05, 3.63) is 109 Å². The average molecular weight is 1110 g/mol. The highest BCUT2D eigenvalue weighted by Crippen LogP contribution is 2.43. The standard InChI is InChI=1S/C66H111O11P/c1-4-7-10-13-16-19-22-25-28-30-31-33-36-39-42-45-48-51-54-57-66(70)77-63(59-73-64(68)55-52-49-46-43-40-37-34-27-24-21-18-15-12-9-6-3)61-75-78(71,72)74-60-62(58-67)76-65(69)56-53-50-47-44-41-38-35-32-29-26-23-20-17-14-11-8-5-2/h9,12,16-21,25-29,31,33-34,40,43,62-63,67H,4-8,10-11,13-15,22-24,30,32,35-39,41-42,44-61H2,1-3H3,(H,71,72)/b12-9-,19-16-,20-17-,21-18-,28-25-,29-26-,33-31-,34-27-,43-40-. The summed E-state index contributed by atoms with van der Waals surface area (Å²) in [6, 6.07) is 0. The van der Waals surface area contributed by atoms with E-state index >= 15 is 0 Å². The first-order chi connectivity index (χ1) is 38.2. The van der Waals surface area contributed by atoms with Crippen molar-refractivity contribution in [2.24, 2.45) is 0 Å². The van der Waals surface area contributed by atoms with Gasteiger partial charge >= 0.3 is 25.7 Å². The van der Waals surface area contributed by atoms with Gasteiger partial charge in [-0.25, -0.2) is 4.57 Å². The Morgan fingerprint density at radius 3 is 1.05 bits per heavy atom. The van der Waals surface area contributed by atoms with Gasteiger partial charge in [-0.2, -0.15) is 0 Å². The number of carbonyl (C=O) groups excluding carboxylic acids is 3. The highest BCUT2D eigenvalue weighted by molar-refractivity contribution is 7.47. The number of allylic oxidation sites excluding steroid dienone is 18. The molecule has 3 unspecified atom stereocenters. The summed E-state index contributed by atoms with van der Waals surface area (Å²) in [6.07, 6.45) is 71.8. The molecule has 0 bridgehead atoms. The van der Waals surface area contributed by atoms with E-state index in [0.717, 1.165) is 128 Å². The maximum Gasteiger partial charge on any atom is 0.472 e. The number of unbranched alkanes of at least 4 members (excludes halogenated alkanes) is 21. The van der Waals surface area contributed by atoms with Crippen molar-refractivity contribution < 1.29 is 52.2 Å². The topological polar surface area (TPSA) is 155 Å². The molecule has 3 atom stereocenters. The monoisotopic (exact) mass is 1110 g/mol. The van der Waals surface area contributed by atoms with Crippen molar-refractivity contribution in [2.75, 3.05) is 26.4 Å². The van der Waals surface area contributed by atoms with Gasteiger partial charge in [-0.15, -0.1) is 0 Å². The summed E-state index contributed by atoms with van der Waals surface area (Å²) in [7, 11) is -4.77. The summed E-state index contributed by atoms with van der Waals surface area (Å²) < 4.78 is 39.6. The first-order valence-electron chi connectivity index (χ1n) is 30.8. The van der Waals surface area contributed by atoms with Crippen molar-refractivity contribution in [3.8, 4) is 0 Å². The molecule has 78 heavy (non-hydrogen) atoms. The van der Waals surface area contributed by atoms with Crippen LogP contribution in [0, 0.1) is 0 Å². The van der Waals surface area contributed by atoms with Gasteiger partial charge in [-0.3, -0.25) is 23.4 Å². The molecular weight excluding hydrogens is 1000 g/mol. The molecule has 0 rings (SSSR count). The van der Waals surface area contributed by atoms with E-state index in [0.29, 0.717) is 19.3 Å². The van der Waals surface area contributed by atoms with Crippen LogP contribution in [0.2, 0.25) is 0 Å². The smallest absolute Gasteiger partial charge is 0.462 e. The number of phosphoric acid groups is 1. The van der Waals surface area contributed by atoms with Crippen molar-refractivity contribution in [2.45, 2.75) is 264 Å². The number of ether oxygens (including phenoxy) is 3. The zero-order valence-electron chi connectivity index (χ0n) is 49.3. The second-order valence-electron chi connectivity index (χ2n) is 20.1. The quantitative estimate of drug-likeness (QED) is 0.0197. The minimum atomic E-state index is -4.77. The van der Waals surface area contributed by atoms with E-state index in [1.54, 1.807) is 0 Å². The lowest BCUT2D eigenvalue weighted by atomic mass is 10.1. The minimum absolute atomic E-state index is 0.138. The highest BCUT2D eigenvalue weighted by atomic mass is 31.2. The first-order valence-corrected chi connectivity index (χ1v) is 32.3. The SMILES string of the molecule is CC/C=C\C/C=C\C/C=C\C/C=C\CCCCC(=O)OCC(COP(=O)(O)OCC(CO)OC(=O)CCCCCCCCC/C=C\C/C=C\CCCCC)OC(=O)CCCCCCCC/C=C\C/C=C\C/C=C\CCCCC. The van der Waals surface area contributed by atoms with Crippen LogP contribution in [0.3, 0.4) is 0 Å². The summed E-state index contributed by atoms with van der Waals surface area (Å²) in [6.45, 7) is 4.41. The molecule has 0 saturated carbocycles. The molecule has 0 aliphatic rings. The molecule has 0 heterocycles. The molecular formula is C66H111O11P. The molecule has 0 spiro atoms. The number of esters is 3. The maximum atomic E-state index is 12.9. The van der Waals surface area contributed by atoms with Crippen molar-refractivity contribution in [3.63, 3.8) is 0 Å². The summed E-state index contributed by atoms with van der Waals surface area (Å²) in [5, 5.41) is 9.84. The lowest BCUT2D eigenvalue weighted by molar-refractivity contribution is -0.161. The number of rotatable bonds is 56. The molecule has 446 valence electrons. The predicted octanol–water partition coefficient (Wildman–Crippen LogP) is 18.6. The molecule has 0 saturated heterocycles. The van der Waals surface area contributed by atoms with Crippen molar-refractivity contribution >= 4 is 25.7 Å². The largest absolute Gasteiger partial charge is 0.472 e. The molecule has 0 aliphatic carbocycles. The summed E-state index contributed by atoms with van der Waals surface area (Å²) in [4.78, 5) is 48.7. The zero-order valence-corrected chi connectivity index (χ0v) is 50.2. The van der Waals surface area contributed by atoms with Crippen LogP contribution in [0.5, 0.6) is 0 Å². The second-order valence-corrected chi connectivity index (χ2v) is 21.6. The van der Waals surface area contributed by atoms with E-state index in [1.165, 1.54) is 64.2 Å². The number of carbonyl (C=O) groups is 3. The first kappa shape index (κ1) is 74.1. The lowest BCUT2D eigenvalue weighted by Gasteiger charge is -2.21. The third-order valence-electron chi connectivity index (χ3n) is 12.6. The second kappa shape index (κ2) is 59.3. The van der Waals surface area contributed by atoms with E-state index in [-0.39, 0.29) is 25.9 Å². The Morgan fingerprint density at radius 1 is 0.372 bits per heavy atom. The molecule has 2 N–H and O–H groups in total. The van der Waals surface area contributed by atoms with Crippen LogP contribution in [0.15, 0.2) is 109 Å². The van der Waals surface area contributed by atoms with Crippen molar-refractivity contribution in [1.29, 1.82) is 0 Å². The molecule has 0 aromatic rings. The fourth-order valence-corrected chi connectivity index (χ4v) is 8.76.